The van der Waals surface area contributed by atoms with Crippen molar-refractivity contribution >= 4 is 5.97 Å². The van der Waals surface area contributed by atoms with Gasteiger partial charge in [0.05, 0.1) is 7.11 Å². The Kier molecular flexibility index (Phi) is 4.00. The van der Waals surface area contributed by atoms with Gasteiger partial charge in [0, 0.05) is 6.61 Å². The van der Waals surface area contributed by atoms with Crippen LogP contribution >= 0.6 is 0 Å². The zero-order chi connectivity index (χ0) is 7.28. The van der Waals surface area contributed by atoms with Crippen LogP contribution in [0.25, 0.3) is 0 Å². The maximum atomic E-state index is 10.4. The van der Waals surface area contributed by atoms with Gasteiger partial charge in [-0.05, 0) is 6.92 Å². The Bertz CT molecular complexity index is 94.2. The third kappa shape index (κ3) is 3.05. The SMILES string of the molecule is CCOC(N)C(=O)OC. The van der Waals surface area contributed by atoms with Gasteiger partial charge in [-0.25, -0.2) is 4.79 Å². The molecule has 0 fully saturated rings. The maximum absolute atomic E-state index is 10.4. The van der Waals surface area contributed by atoms with E-state index in [1.165, 1.54) is 7.11 Å². The zero-order valence-electron chi connectivity index (χ0n) is 5.59. The molecule has 1 unspecified atom stereocenters. The molecule has 0 aromatic carbocycles. The second-order valence-electron chi connectivity index (χ2n) is 1.40. The van der Waals surface area contributed by atoms with Crippen molar-refractivity contribution < 1.29 is 14.3 Å². The summed E-state index contributed by atoms with van der Waals surface area (Å²) in [5.41, 5.74) is 5.14. The molecule has 0 aliphatic rings. The molecule has 0 aliphatic carbocycles. The zero-order valence-corrected chi connectivity index (χ0v) is 5.59. The number of rotatable bonds is 3. The van der Waals surface area contributed by atoms with Gasteiger partial charge in [0.15, 0.2) is 0 Å². The summed E-state index contributed by atoms with van der Waals surface area (Å²) in [6.07, 6.45) is -0.931. The number of hydrogen-bond donors (Lipinski definition) is 1. The van der Waals surface area contributed by atoms with Crippen LogP contribution < -0.4 is 5.73 Å². The third-order valence-electron chi connectivity index (χ3n) is 0.780. The lowest BCUT2D eigenvalue weighted by Crippen LogP contribution is -2.34. The van der Waals surface area contributed by atoms with E-state index >= 15 is 0 Å². The van der Waals surface area contributed by atoms with Gasteiger partial charge in [0.1, 0.15) is 0 Å². The molecule has 0 spiro atoms. The highest BCUT2D eigenvalue weighted by molar-refractivity contribution is 5.73. The van der Waals surface area contributed by atoms with Gasteiger partial charge >= 0.3 is 5.97 Å². The van der Waals surface area contributed by atoms with Crippen molar-refractivity contribution in [3.8, 4) is 0 Å². The fraction of sp³-hybridized carbons (Fsp3) is 0.800. The average molecular weight is 133 g/mol. The van der Waals surface area contributed by atoms with E-state index in [-0.39, 0.29) is 0 Å². The average Bonchev–Trinajstić information content (AvgIpc) is 1.87. The number of methoxy groups -OCH3 is 1. The Labute approximate surface area is 53.9 Å². The highest BCUT2D eigenvalue weighted by Crippen LogP contribution is 1.84. The molecule has 9 heavy (non-hydrogen) atoms. The summed E-state index contributed by atoms with van der Waals surface area (Å²) < 4.78 is 8.97. The molecule has 0 aromatic rings. The van der Waals surface area contributed by atoms with Crippen LogP contribution in [0.2, 0.25) is 0 Å². The first-order chi connectivity index (χ1) is 4.22. The molecule has 0 rings (SSSR count). The Balaban J connectivity index is 3.45. The minimum absolute atomic E-state index is 0.413. The molecule has 4 nitrogen and oxygen atoms in total. The first-order valence-electron chi connectivity index (χ1n) is 2.67. The summed E-state index contributed by atoms with van der Waals surface area (Å²) in [4.78, 5) is 10.4. The predicted molar refractivity (Wildman–Crippen MR) is 31.6 cm³/mol. The highest BCUT2D eigenvalue weighted by atomic mass is 16.6. The molecule has 0 saturated heterocycles. The van der Waals surface area contributed by atoms with Crippen LogP contribution in [0.1, 0.15) is 6.92 Å². The van der Waals surface area contributed by atoms with Crippen LogP contribution in [-0.2, 0) is 14.3 Å². The standard InChI is InChI=1S/C5H11NO3/c1-3-9-4(6)5(7)8-2/h4H,3,6H2,1-2H3. The molecule has 0 saturated carbocycles. The summed E-state index contributed by atoms with van der Waals surface area (Å²) in [6, 6.07) is 0. The molecule has 0 amide bonds. The smallest absolute Gasteiger partial charge is 0.350 e. The van der Waals surface area contributed by atoms with Gasteiger partial charge in [-0.2, -0.15) is 0 Å². The Morgan fingerprint density at radius 2 is 2.33 bits per heavy atom. The topological polar surface area (TPSA) is 61.5 Å². The number of ether oxygens (including phenoxy) is 2. The number of carbonyl (C=O) groups excluding carboxylic acids is 1. The molecule has 0 radical (unpaired) electrons. The summed E-state index contributed by atoms with van der Waals surface area (Å²) >= 11 is 0. The van der Waals surface area contributed by atoms with E-state index in [4.69, 9.17) is 10.5 Å². The normalized spacial score (nSPS) is 12.8. The van der Waals surface area contributed by atoms with E-state index < -0.39 is 12.2 Å². The Morgan fingerprint density at radius 3 is 2.67 bits per heavy atom. The lowest BCUT2D eigenvalue weighted by Gasteiger charge is -2.07. The van der Waals surface area contributed by atoms with Crippen molar-refractivity contribution in [2.45, 2.75) is 13.2 Å². The fourth-order valence-corrected chi connectivity index (χ4v) is 0.364. The summed E-state index contributed by atoms with van der Waals surface area (Å²) in [5, 5.41) is 0. The second kappa shape index (κ2) is 4.29. The Morgan fingerprint density at radius 1 is 1.78 bits per heavy atom. The molecule has 0 bridgehead atoms. The van der Waals surface area contributed by atoms with E-state index in [1.54, 1.807) is 6.92 Å². The van der Waals surface area contributed by atoms with E-state index in [0.29, 0.717) is 6.61 Å². The van der Waals surface area contributed by atoms with Crippen LogP contribution in [0, 0.1) is 0 Å². The van der Waals surface area contributed by atoms with Crippen molar-refractivity contribution in [2.24, 2.45) is 5.73 Å². The minimum atomic E-state index is -0.931. The number of carbonyl (C=O) groups is 1. The predicted octanol–water partition coefficient (Wildman–Crippen LogP) is -0.519. The Hall–Kier alpha value is -0.610. The van der Waals surface area contributed by atoms with Crippen LogP contribution in [0.15, 0.2) is 0 Å². The largest absolute Gasteiger partial charge is 0.466 e. The maximum Gasteiger partial charge on any atom is 0.350 e. The molecule has 0 aliphatic heterocycles. The van der Waals surface area contributed by atoms with Crippen LogP contribution in [-0.4, -0.2) is 25.9 Å². The van der Waals surface area contributed by atoms with E-state index in [1.807, 2.05) is 0 Å². The first-order valence-corrected chi connectivity index (χ1v) is 2.67. The minimum Gasteiger partial charge on any atom is -0.466 e. The van der Waals surface area contributed by atoms with Crippen LogP contribution in [0.3, 0.4) is 0 Å². The molecular weight excluding hydrogens is 122 g/mol. The lowest BCUT2D eigenvalue weighted by atomic mass is 10.6. The van der Waals surface area contributed by atoms with Crippen LogP contribution in [0.4, 0.5) is 0 Å². The van der Waals surface area contributed by atoms with Gasteiger partial charge in [0.25, 0.3) is 0 Å². The van der Waals surface area contributed by atoms with Gasteiger partial charge in [-0.15, -0.1) is 0 Å². The van der Waals surface area contributed by atoms with Crippen molar-refractivity contribution in [1.82, 2.24) is 0 Å². The highest BCUT2D eigenvalue weighted by Gasteiger charge is 2.11. The van der Waals surface area contributed by atoms with Crippen molar-refractivity contribution in [1.29, 1.82) is 0 Å². The number of nitrogens with two attached hydrogens (primary N) is 1. The molecule has 1 atom stereocenters. The van der Waals surface area contributed by atoms with Gasteiger partial charge < -0.3 is 9.47 Å². The molecule has 2 N–H and O–H groups in total. The third-order valence-corrected chi connectivity index (χ3v) is 0.780. The monoisotopic (exact) mass is 133 g/mol. The van der Waals surface area contributed by atoms with Crippen molar-refractivity contribution in [2.75, 3.05) is 13.7 Å². The second-order valence-corrected chi connectivity index (χ2v) is 1.40. The molecular formula is C5H11NO3. The van der Waals surface area contributed by atoms with Gasteiger partial charge in [-0.1, -0.05) is 0 Å². The van der Waals surface area contributed by atoms with Crippen molar-refractivity contribution in [3.05, 3.63) is 0 Å². The number of hydrogen-bond acceptors (Lipinski definition) is 4. The fourth-order valence-electron chi connectivity index (χ4n) is 0.364. The molecule has 54 valence electrons. The van der Waals surface area contributed by atoms with E-state index in [9.17, 15) is 4.79 Å². The summed E-state index contributed by atoms with van der Waals surface area (Å²) in [7, 11) is 1.27. The van der Waals surface area contributed by atoms with Gasteiger partial charge in [0.2, 0.25) is 6.23 Å². The van der Waals surface area contributed by atoms with E-state index in [0.717, 1.165) is 0 Å². The quantitative estimate of drug-likeness (QED) is 0.415. The van der Waals surface area contributed by atoms with Crippen LogP contribution in [0.5, 0.6) is 0 Å². The first kappa shape index (κ1) is 8.39. The van der Waals surface area contributed by atoms with E-state index in [2.05, 4.69) is 4.74 Å². The molecule has 0 heterocycles. The number of esters is 1. The molecule has 4 heteroatoms. The summed E-state index contributed by atoms with van der Waals surface area (Å²) in [5.74, 6) is -0.545. The summed E-state index contributed by atoms with van der Waals surface area (Å²) in [6.45, 7) is 2.17. The lowest BCUT2D eigenvalue weighted by molar-refractivity contribution is -0.153. The van der Waals surface area contributed by atoms with Crippen molar-refractivity contribution in [3.63, 3.8) is 0 Å². The van der Waals surface area contributed by atoms with Gasteiger partial charge in [-0.3, -0.25) is 5.73 Å². The molecule has 0 aromatic heterocycles.